The van der Waals surface area contributed by atoms with E-state index in [1.54, 1.807) is 0 Å². The summed E-state index contributed by atoms with van der Waals surface area (Å²) >= 11 is 0. The topological polar surface area (TPSA) is 38.0 Å². The lowest BCUT2D eigenvalue weighted by Gasteiger charge is -2.30. The van der Waals surface area contributed by atoms with Gasteiger partial charge in [0.05, 0.1) is 0 Å². The minimum Gasteiger partial charge on any atom is -0.271 e. The second-order valence-electron chi connectivity index (χ2n) is 4.69. The van der Waals surface area contributed by atoms with Crippen molar-refractivity contribution < 1.29 is 0 Å². The summed E-state index contributed by atoms with van der Waals surface area (Å²) in [6, 6.07) is 0. The summed E-state index contributed by atoms with van der Waals surface area (Å²) in [7, 11) is 0. The predicted molar refractivity (Wildman–Crippen MR) is 52.5 cm³/mol. The molecule has 0 unspecified atom stereocenters. The van der Waals surface area contributed by atoms with Gasteiger partial charge >= 0.3 is 0 Å². The Morgan fingerprint density at radius 3 is 2.33 bits per heavy atom. The maximum Gasteiger partial charge on any atom is 0.0154 e. The van der Waals surface area contributed by atoms with Gasteiger partial charge < -0.3 is 0 Å². The van der Waals surface area contributed by atoms with E-state index in [9.17, 15) is 0 Å². The molecule has 1 aliphatic carbocycles. The Hall–Kier alpha value is -0.0800. The zero-order chi connectivity index (χ0) is 9.03. The van der Waals surface area contributed by atoms with Crippen molar-refractivity contribution in [1.29, 1.82) is 0 Å². The van der Waals surface area contributed by atoms with E-state index < -0.39 is 0 Å². The molecule has 0 aromatic heterocycles. The van der Waals surface area contributed by atoms with Gasteiger partial charge in [0.15, 0.2) is 0 Å². The minimum absolute atomic E-state index is 0.531. The molecule has 3 N–H and O–H groups in total. The van der Waals surface area contributed by atoms with Crippen LogP contribution in [0.3, 0.4) is 0 Å². The number of hydrazine groups is 1. The molecule has 0 heterocycles. The summed E-state index contributed by atoms with van der Waals surface area (Å²) in [6.07, 6.45) is 6.87. The third-order valence-electron chi connectivity index (χ3n) is 2.98. The number of nitrogens with one attached hydrogen (secondary N) is 1. The van der Waals surface area contributed by atoms with Gasteiger partial charge in [0.1, 0.15) is 0 Å². The molecule has 0 aliphatic heterocycles. The monoisotopic (exact) mass is 170 g/mol. The van der Waals surface area contributed by atoms with E-state index in [1.165, 1.54) is 32.1 Å². The fourth-order valence-electron chi connectivity index (χ4n) is 2.66. The van der Waals surface area contributed by atoms with Crippen molar-refractivity contribution in [1.82, 2.24) is 5.43 Å². The van der Waals surface area contributed by atoms with E-state index >= 15 is 0 Å². The van der Waals surface area contributed by atoms with Gasteiger partial charge in [0.25, 0.3) is 0 Å². The molecular formula is C10H22N2. The lowest BCUT2D eigenvalue weighted by atomic mass is 9.79. The fraction of sp³-hybridized carbons (Fsp3) is 1.00. The van der Waals surface area contributed by atoms with Crippen molar-refractivity contribution >= 4 is 0 Å². The van der Waals surface area contributed by atoms with E-state index in [4.69, 9.17) is 5.84 Å². The highest BCUT2D eigenvalue weighted by Crippen LogP contribution is 2.42. The zero-order valence-corrected chi connectivity index (χ0v) is 8.40. The first-order chi connectivity index (χ1) is 5.68. The van der Waals surface area contributed by atoms with Crippen LogP contribution in [0, 0.1) is 11.3 Å². The molecule has 0 saturated heterocycles. The van der Waals surface area contributed by atoms with Gasteiger partial charge in [-0.05, 0) is 30.6 Å². The van der Waals surface area contributed by atoms with Gasteiger partial charge in [0, 0.05) is 6.54 Å². The Bertz CT molecular complexity index is 126. The summed E-state index contributed by atoms with van der Waals surface area (Å²) < 4.78 is 0. The van der Waals surface area contributed by atoms with Crippen LogP contribution in [0.25, 0.3) is 0 Å². The van der Waals surface area contributed by atoms with Crippen molar-refractivity contribution in [3.63, 3.8) is 0 Å². The Labute approximate surface area is 75.9 Å². The highest BCUT2D eigenvalue weighted by atomic mass is 15.2. The summed E-state index contributed by atoms with van der Waals surface area (Å²) in [4.78, 5) is 0. The molecule has 2 nitrogen and oxygen atoms in total. The molecule has 0 aromatic rings. The van der Waals surface area contributed by atoms with Crippen LogP contribution >= 0.6 is 0 Å². The van der Waals surface area contributed by atoms with Crippen molar-refractivity contribution in [2.75, 3.05) is 6.54 Å². The van der Waals surface area contributed by atoms with E-state index in [0.717, 1.165) is 12.5 Å². The number of hydrogen-bond acceptors (Lipinski definition) is 2. The van der Waals surface area contributed by atoms with Gasteiger partial charge in [-0.3, -0.25) is 11.3 Å². The van der Waals surface area contributed by atoms with Crippen LogP contribution in [0.4, 0.5) is 0 Å². The Morgan fingerprint density at radius 1 is 1.33 bits per heavy atom. The number of rotatable bonds is 4. The van der Waals surface area contributed by atoms with Crippen molar-refractivity contribution in [2.45, 2.75) is 46.0 Å². The van der Waals surface area contributed by atoms with Crippen LogP contribution < -0.4 is 11.3 Å². The average Bonchev–Trinajstić information content (AvgIpc) is 2.36. The Balaban J connectivity index is 2.46. The molecule has 0 bridgehead atoms. The first kappa shape index (κ1) is 10.0. The third kappa shape index (κ3) is 2.46. The molecule has 1 fully saturated rings. The zero-order valence-electron chi connectivity index (χ0n) is 8.40. The first-order valence-electron chi connectivity index (χ1n) is 5.12. The summed E-state index contributed by atoms with van der Waals surface area (Å²) in [6.45, 7) is 5.61. The van der Waals surface area contributed by atoms with Crippen molar-refractivity contribution in [3.05, 3.63) is 0 Å². The maximum absolute atomic E-state index is 5.42. The Morgan fingerprint density at radius 2 is 1.92 bits per heavy atom. The molecule has 72 valence electrons. The minimum atomic E-state index is 0.531. The van der Waals surface area contributed by atoms with Gasteiger partial charge in [-0.2, -0.15) is 0 Å². The second-order valence-corrected chi connectivity index (χ2v) is 4.69. The lowest BCUT2D eigenvalue weighted by molar-refractivity contribution is 0.225. The number of nitrogens with two attached hydrogens (primary N) is 1. The van der Waals surface area contributed by atoms with Gasteiger partial charge in [-0.25, -0.2) is 0 Å². The summed E-state index contributed by atoms with van der Waals surface area (Å²) in [5.41, 5.74) is 3.39. The molecule has 1 aliphatic rings. The molecule has 0 aromatic carbocycles. The van der Waals surface area contributed by atoms with E-state index in [-0.39, 0.29) is 0 Å². The summed E-state index contributed by atoms with van der Waals surface area (Å²) in [5.74, 6) is 6.22. The quantitative estimate of drug-likeness (QED) is 0.500. The van der Waals surface area contributed by atoms with E-state index in [2.05, 4.69) is 19.3 Å². The van der Waals surface area contributed by atoms with Crippen LogP contribution in [-0.2, 0) is 0 Å². The highest BCUT2D eigenvalue weighted by molar-refractivity contribution is 4.86. The molecular weight excluding hydrogens is 148 g/mol. The SMILES string of the molecule is CC(C)CC1(CNN)CCCC1. The second kappa shape index (κ2) is 4.24. The van der Waals surface area contributed by atoms with Crippen LogP contribution in [0.15, 0.2) is 0 Å². The lowest BCUT2D eigenvalue weighted by Crippen LogP contribution is -2.37. The largest absolute Gasteiger partial charge is 0.271 e. The van der Waals surface area contributed by atoms with Crippen LogP contribution in [-0.4, -0.2) is 6.54 Å². The average molecular weight is 170 g/mol. The Kier molecular flexibility index (Phi) is 3.53. The summed E-state index contributed by atoms with van der Waals surface area (Å²) in [5, 5.41) is 0. The van der Waals surface area contributed by atoms with Crippen molar-refractivity contribution in [3.8, 4) is 0 Å². The fourth-order valence-corrected chi connectivity index (χ4v) is 2.66. The van der Waals surface area contributed by atoms with E-state index in [0.29, 0.717) is 5.41 Å². The molecule has 12 heavy (non-hydrogen) atoms. The first-order valence-corrected chi connectivity index (χ1v) is 5.12. The van der Waals surface area contributed by atoms with Gasteiger partial charge in [-0.1, -0.05) is 26.7 Å². The third-order valence-corrected chi connectivity index (χ3v) is 2.98. The molecule has 0 atom stereocenters. The number of hydrogen-bond donors (Lipinski definition) is 2. The molecule has 2 heteroatoms. The van der Waals surface area contributed by atoms with Crippen molar-refractivity contribution in [2.24, 2.45) is 17.2 Å². The molecule has 1 saturated carbocycles. The molecule has 0 radical (unpaired) electrons. The van der Waals surface area contributed by atoms with Crippen LogP contribution in [0.2, 0.25) is 0 Å². The molecule has 1 rings (SSSR count). The van der Waals surface area contributed by atoms with Gasteiger partial charge in [-0.15, -0.1) is 0 Å². The van der Waals surface area contributed by atoms with Crippen LogP contribution in [0.5, 0.6) is 0 Å². The highest BCUT2D eigenvalue weighted by Gasteiger charge is 2.33. The standard InChI is InChI=1S/C10H22N2/c1-9(2)7-10(8-12-11)5-3-4-6-10/h9,12H,3-8,11H2,1-2H3. The van der Waals surface area contributed by atoms with Crippen LogP contribution in [0.1, 0.15) is 46.0 Å². The normalized spacial score (nSPS) is 22.0. The van der Waals surface area contributed by atoms with E-state index in [1.807, 2.05) is 0 Å². The van der Waals surface area contributed by atoms with Gasteiger partial charge in [0.2, 0.25) is 0 Å². The smallest absolute Gasteiger partial charge is 0.0154 e. The molecule has 0 amide bonds. The predicted octanol–water partition coefficient (Wildman–Crippen LogP) is 2.06. The molecule has 0 spiro atoms. The maximum atomic E-state index is 5.42.